The number of hydrogen-bond donors (Lipinski definition) is 1. The summed E-state index contributed by atoms with van der Waals surface area (Å²) < 4.78 is 5.08. The zero-order chi connectivity index (χ0) is 18.3. The third-order valence-corrected chi connectivity index (χ3v) is 5.09. The number of aliphatic hydroxyl groups is 1. The number of aliphatic hydroxyl groups excluding tert-OH is 1. The molecular formula is C19H14N2O4S. The number of carbonyl (C=O) groups is 2. The fraction of sp³-hybridized carbons (Fsp3) is 0.105. The highest BCUT2D eigenvalue weighted by Gasteiger charge is 2.48. The number of carbonyl (C=O) groups excluding carboxylic acids is 2. The van der Waals surface area contributed by atoms with Crippen molar-refractivity contribution in [1.29, 1.82) is 0 Å². The zero-order valence-electron chi connectivity index (χ0n) is 13.7. The standard InChI is InChI=1S/C19H14N2O4S/c1-11-10-14(20-25-11)21-16(13-8-5-9-26-13)15(18(23)19(21)24)17(22)12-6-3-2-4-7-12/h2-10,16,22H,1H3. The minimum atomic E-state index is -0.750. The van der Waals surface area contributed by atoms with Gasteiger partial charge in [0.15, 0.2) is 5.82 Å². The predicted octanol–water partition coefficient (Wildman–Crippen LogP) is 3.67. The van der Waals surface area contributed by atoms with E-state index in [1.54, 1.807) is 37.3 Å². The smallest absolute Gasteiger partial charge is 0.301 e. The van der Waals surface area contributed by atoms with Gasteiger partial charge in [0.25, 0.3) is 5.78 Å². The van der Waals surface area contributed by atoms with Crippen LogP contribution in [-0.2, 0) is 9.59 Å². The van der Waals surface area contributed by atoms with Crippen LogP contribution < -0.4 is 4.90 Å². The van der Waals surface area contributed by atoms with Crippen LogP contribution in [0.15, 0.2) is 64.0 Å². The fourth-order valence-corrected chi connectivity index (χ4v) is 3.83. The van der Waals surface area contributed by atoms with E-state index < -0.39 is 17.7 Å². The minimum Gasteiger partial charge on any atom is -0.507 e. The van der Waals surface area contributed by atoms with Crippen molar-refractivity contribution in [3.05, 3.63) is 75.7 Å². The van der Waals surface area contributed by atoms with E-state index in [1.165, 1.54) is 16.2 Å². The zero-order valence-corrected chi connectivity index (χ0v) is 14.6. The van der Waals surface area contributed by atoms with Gasteiger partial charge in [-0.3, -0.25) is 14.5 Å². The Labute approximate surface area is 153 Å². The first-order valence-electron chi connectivity index (χ1n) is 7.91. The van der Waals surface area contributed by atoms with Crippen LogP contribution in [0.1, 0.15) is 22.2 Å². The summed E-state index contributed by atoms with van der Waals surface area (Å²) in [4.78, 5) is 27.5. The first-order chi connectivity index (χ1) is 12.6. The van der Waals surface area contributed by atoms with Crippen LogP contribution in [0.3, 0.4) is 0 Å². The van der Waals surface area contributed by atoms with E-state index in [-0.39, 0.29) is 17.2 Å². The van der Waals surface area contributed by atoms with E-state index in [0.717, 1.165) is 4.88 Å². The van der Waals surface area contributed by atoms with Crippen LogP contribution >= 0.6 is 11.3 Å². The Bertz CT molecular complexity index is 1010. The number of anilines is 1. The maximum absolute atomic E-state index is 12.8. The topological polar surface area (TPSA) is 83.6 Å². The molecule has 4 rings (SSSR count). The molecular weight excluding hydrogens is 352 g/mol. The normalized spacial score (nSPS) is 19.3. The second kappa shape index (κ2) is 6.27. The average Bonchev–Trinajstić information content (AvgIpc) is 3.37. The molecule has 1 saturated heterocycles. The molecule has 130 valence electrons. The average molecular weight is 366 g/mol. The number of ketones is 1. The predicted molar refractivity (Wildman–Crippen MR) is 96.8 cm³/mol. The number of aromatic nitrogens is 1. The highest BCUT2D eigenvalue weighted by Crippen LogP contribution is 2.43. The van der Waals surface area contributed by atoms with Gasteiger partial charge in [-0.15, -0.1) is 11.3 Å². The number of amides is 1. The number of nitrogens with zero attached hydrogens (tertiary/aromatic N) is 2. The van der Waals surface area contributed by atoms with Gasteiger partial charge in [0.2, 0.25) is 0 Å². The third kappa shape index (κ3) is 2.53. The largest absolute Gasteiger partial charge is 0.507 e. The Kier molecular flexibility index (Phi) is 3.93. The summed E-state index contributed by atoms with van der Waals surface area (Å²) in [6, 6.07) is 13.2. The molecule has 1 N–H and O–H groups in total. The monoisotopic (exact) mass is 366 g/mol. The van der Waals surface area contributed by atoms with Crippen LogP contribution in [0.5, 0.6) is 0 Å². The SMILES string of the molecule is Cc1cc(N2C(=O)C(=O)C(=C(O)c3ccccc3)C2c2cccs2)no1. The van der Waals surface area contributed by atoms with Crippen molar-refractivity contribution in [3.8, 4) is 0 Å². The molecule has 0 saturated carbocycles. The molecule has 1 unspecified atom stereocenters. The summed E-state index contributed by atoms with van der Waals surface area (Å²) in [5.74, 6) is -0.922. The lowest BCUT2D eigenvalue weighted by molar-refractivity contribution is -0.132. The van der Waals surface area contributed by atoms with E-state index in [9.17, 15) is 14.7 Å². The van der Waals surface area contributed by atoms with Gasteiger partial charge >= 0.3 is 5.91 Å². The van der Waals surface area contributed by atoms with Gasteiger partial charge in [0.1, 0.15) is 17.6 Å². The molecule has 1 aliphatic heterocycles. The Hall–Kier alpha value is -3.19. The molecule has 1 aliphatic rings. The van der Waals surface area contributed by atoms with Crippen molar-refractivity contribution < 1.29 is 19.2 Å². The van der Waals surface area contributed by atoms with Crippen LogP contribution in [0.2, 0.25) is 0 Å². The highest BCUT2D eigenvalue weighted by molar-refractivity contribution is 7.10. The van der Waals surface area contributed by atoms with Crippen LogP contribution in [0, 0.1) is 6.92 Å². The van der Waals surface area contributed by atoms with Gasteiger partial charge in [0.05, 0.1) is 5.57 Å². The molecule has 7 heteroatoms. The maximum atomic E-state index is 12.8. The van der Waals surface area contributed by atoms with Crippen LogP contribution in [-0.4, -0.2) is 22.0 Å². The maximum Gasteiger partial charge on any atom is 0.301 e. The van der Waals surface area contributed by atoms with E-state index in [1.807, 2.05) is 23.6 Å². The Morgan fingerprint density at radius 2 is 1.96 bits per heavy atom. The summed E-state index contributed by atoms with van der Waals surface area (Å²) in [6.45, 7) is 1.71. The number of aryl methyl sites for hydroxylation is 1. The fourth-order valence-electron chi connectivity index (χ4n) is 3.00. The Balaban J connectivity index is 1.93. The minimum absolute atomic E-state index is 0.0457. The number of Topliss-reactive ketones (excluding diaryl/α,β-unsaturated/α-hetero) is 1. The number of benzene rings is 1. The first kappa shape index (κ1) is 16.3. The summed E-state index contributed by atoms with van der Waals surface area (Å²) in [6.07, 6.45) is 0. The van der Waals surface area contributed by atoms with Crippen molar-refractivity contribution in [2.75, 3.05) is 4.90 Å². The molecule has 1 amide bonds. The summed E-state index contributed by atoms with van der Waals surface area (Å²) in [7, 11) is 0. The van der Waals surface area contributed by atoms with E-state index in [4.69, 9.17) is 4.52 Å². The molecule has 2 aromatic heterocycles. The van der Waals surface area contributed by atoms with Crippen molar-refractivity contribution in [2.24, 2.45) is 0 Å². The van der Waals surface area contributed by atoms with Gasteiger partial charge < -0.3 is 9.63 Å². The molecule has 3 heterocycles. The van der Waals surface area contributed by atoms with Gasteiger partial charge in [-0.05, 0) is 18.4 Å². The lowest BCUT2D eigenvalue weighted by Gasteiger charge is -2.21. The van der Waals surface area contributed by atoms with Crippen molar-refractivity contribution in [1.82, 2.24) is 5.16 Å². The van der Waals surface area contributed by atoms with Gasteiger partial charge in [-0.2, -0.15) is 0 Å². The number of rotatable bonds is 3. The molecule has 0 radical (unpaired) electrons. The van der Waals surface area contributed by atoms with Gasteiger partial charge in [-0.1, -0.05) is 41.6 Å². The number of thiophene rings is 1. The third-order valence-electron chi connectivity index (χ3n) is 4.17. The van der Waals surface area contributed by atoms with E-state index >= 15 is 0 Å². The lowest BCUT2D eigenvalue weighted by atomic mass is 10.00. The van der Waals surface area contributed by atoms with Crippen molar-refractivity contribution in [2.45, 2.75) is 13.0 Å². The molecule has 1 atom stereocenters. The molecule has 0 aliphatic carbocycles. The van der Waals surface area contributed by atoms with Crippen LogP contribution in [0.4, 0.5) is 5.82 Å². The quantitative estimate of drug-likeness (QED) is 0.434. The molecule has 3 aromatic rings. The molecule has 26 heavy (non-hydrogen) atoms. The second-order valence-electron chi connectivity index (χ2n) is 5.85. The first-order valence-corrected chi connectivity index (χ1v) is 8.79. The summed E-state index contributed by atoms with van der Waals surface area (Å²) in [5.41, 5.74) is 0.521. The van der Waals surface area contributed by atoms with Crippen molar-refractivity contribution in [3.63, 3.8) is 0 Å². The van der Waals surface area contributed by atoms with Crippen molar-refractivity contribution >= 4 is 34.6 Å². The molecule has 6 nitrogen and oxygen atoms in total. The van der Waals surface area contributed by atoms with Crippen LogP contribution in [0.25, 0.3) is 5.76 Å². The summed E-state index contributed by atoms with van der Waals surface area (Å²) >= 11 is 1.40. The van der Waals surface area contributed by atoms with E-state index in [2.05, 4.69) is 5.16 Å². The van der Waals surface area contributed by atoms with E-state index in [0.29, 0.717) is 11.3 Å². The molecule has 1 aromatic carbocycles. The van der Waals surface area contributed by atoms with Gasteiger partial charge in [-0.25, -0.2) is 0 Å². The Morgan fingerprint density at radius 3 is 2.58 bits per heavy atom. The summed E-state index contributed by atoms with van der Waals surface area (Å²) in [5, 5.41) is 16.5. The highest BCUT2D eigenvalue weighted by atomic mass is 32.1. The van der Waals surface area contributed by atoms with Gasteiger partial charge in [0, 0.05) is 16.5 Å². The molecule has 1 fully saturated rings. The lowest BCUT2D eigenvalue weighted by Crippen LogP contribution is -2.29. The second-order valence-corrected chi connectivity index (χ2v) is 6.83. The molecule has 0 spiro atoms. The Morgan fingerprint density at radius 1 is 1.19 bits per heavy atom. The number of hydrogen-bond acceptors (Lipinski definition) is 6. The molecule has 0 bridgehead atoms.